The molecular formula is C17H16INO3. The van der Waals surface area contributed by atoms with Crippen LogP contribution in [0.3, 0.4) is 0 Å². The van der Waals surface area contributed by atoms with E-state index >= 15 is 0 Å². The van der Waals surface area contributed by atoms with Gasteiger partial charge in [0, 0.05) is 22.4 Å². The van der Waals surface area contributed by atoms with E-state index in [9.17, 15) is 4.79 Å². The molecular weight excluding hydrogens is 393 g/mol. The molecule has 22 heavy (non-hydrogen) atoms. The van der Waals surface area contributed by atoms with E-state index in [2.05, 4.69) is 27.9 Å². The highest BCUT2D eigenvalue weighted by atomic mass is 127. The maximum atomic E-state index is 11.8. The van der Waals surface area contributed by atoms with Crippen molar-refractivity contribution in [1.82, 2.24) is 0 Å². The number of benzene rings is 2. The molecule has 2 aromatic rings. The molecule has 2 rings (SSSR count). The lowest BCUT2D eigenvalue weighted by Crippen LogP contribution is -2.07. The Balaban J connectivity index is 1.90. The molecule has 0 saturated heterocycles. The van der Waals surface area contributed by atoms with Crippen LogP contribution in [0.5, 0.6) is 5.75 Å². The first-order valence-corrected chi connectivity index (χ1v) is 7.71. The minimum absolute atomic E-state index is 0.166. The zero-order valence-electron chi connectivity index (χ0n) is 12.1. The summed E-state index contributed by atoms with van der Waals surface area (Å²) in [7, 11) is 1.57. The first-order chi connectivity index (χ1) is 10.7. The van der Waals surface area contributed by atoms with Gasteiger partial charge in [-0.2, -0.15) is 0 Å². The Labute approximate surface area is 143 Å². The van der Waals surface area contributed by atoms with Crippen molar-refractivity contribution in [2.45, 2.75) is 0 Å². The minimum atomic E-state index is -0.166. The quantitative estimate of drug-likeness (QED) is 0.447. The molecule has 0 aliphatic rings. The number of rotatable bonds is 6. The number of hydrogen-bond acceptors (Lipinski definition) is 3. The fourth-order valence-electron chi connectivity index (χ4n) is 1.69. The monoisotopic (exact) mass is 409 g/mol. The molecule has 2 aromatic carbocycles. The van der Waals surface area contributed by atoms with Crippen molar-refractivity contribution in [1.29, 1.82) is 0 Å². The molecule has 1 N–H and O–H groups in total. The van der Waals surface area contributed by atoms with Crippen LogP contribution in [0, 0.1) is 3.57 Å². The molecule has 114 valence electrons. The van der Waals surface area contributed by atoms with Gasteiger partial charge in [-0.25, -0.2) is 0 Å². The molecule has 0 saturated carbocycles. The van der Waals surface area contributed by atoms with Crippen LogP contribution in [0.1, 0.15) is 5.56 Å². The summed E-state index contributed by atoms with van der Waals surface area (Å²) in [6, 6.07) is 15.0. The summed E-state index contributed by atoms with van der Waals surface area (Å²) in [6.07, 6.45) is 3.26. The molecule has 5 heteroatoms. The largest absolute Gasteiger partial charge is 0.468 e. The summed E-state index contributed by atoms with van der Waals surface area (Å²) in [5.74, 6) is 0.559. The fraction of sp³-hybridized carbons (Fsp3) is 0.118. The van der Waals surface area contributed by atoms with E-state index in [1.165, 1.54) is 6.08 Å². The SMILES string of the molecule is COCOc1ccc(/C=C/C(=O)Nc2ccc(I)cc2)cc1. The fourth-order valence-corrected chi connectivity index (χ4v) is 2.05. The van der Waals surface area contributed by atoms with E-state index in [0.717, 1.165) is 20.6 Å². The predicted octanol–water partition coefficient (Wildman–Crippen LogP) is 3.93. The number of carbonyl (C=O) groups is 1. The van der Waals surface area contributed by atoms with E-state index in [-0.39, 0.29) is 12.7 Å². The Hall–Kier alpha value is -1.86. The van der Waals surface area contributed by atoms with E-state index in [0.29, 0.717) is 0 Å². The number of halogens is 1. The lowest BCUT2D eigenvalue weighted by atomic mass is 10.2. The first-order valence-electron chi connectivity index (χ1n) is 6.64. The highest BCUT2D eigenvalue weighted by Crippen LogP contribution is 2.14. The van der Waals surface area contributed by atoms with Gasteiger partial charge in [0.25, 0.3) is 0 Å². The highest BCUT2D eigenvalue weighted by molar-refractivity contribution is 14.1. The van der Waals surface area contributed by atoms with Gasteiger partial charge >= 0.3 is 0 Å². The van der Waals surface area contributed by atoms with Crippen LogP contribution in [-0.4, -0.2) is 19.8 Å². The molecule has 0 aliphatic heterocycles. The smallest absolute Gasteiger partial charge is 0.248 e. The topological polar surface area (TPSA) is 47.6 Å². The van der Waals surface area contributed by atoms with Crippen LogP contribution in [0.15, 0.2) is 54.6 Å². The van der Waals surface area contributed by atoms with Gasteiger partial charge in [-0.1, -0.05) is 12.1 Å². The molecule has 0 unspecified atom stereocenters. The van der Waals surface area contributed by atoms with Crippen molar-refractivity contribution in [3.05, 3.63) is 63.7 Å². The van der Waals surface area contributed by atoms with Crippen molar-refractivity contribution >= 4 is 40.3 Å². The van der Waals surface area contributed by atoms with E-state index < -0.39 is 0 Å². The molecule has 0 aromatic heterocycles. The summed E-state index contributed by atoms with van der Waals surface area (Å²) in [5, 5.41) is 2.81. The van der Waals surface area contributed by atoms with Gasteiger partial charge in [0.15, 0.2) is 6.79 Å². The number of hydrogen-bond donors (Lipinski definition) is 1. The van der Waals surface area contributed by atoms with Gasteiger partial charge in [0.1, 0.15) is 5.75 Å². The Morgan fingerprint density at radius 2 is 1.82 bits per heavy atom. The maximum Gasteiger partial charge on any atom is 0.248 e. The molecule has 0 bridgehead atoms. The third kappa shape index (κ3) is 5.50. The van der Waals surface area contributed by atoms with Crippen LogP contribution < -0.4 is 10.1 Å². The van der Waals surface area contributed by atoms with E-state index in [1.807, 2.05) is 48.5 Å². The van der Waals surface area contributed by atoms with Gasteiger partial charge in [-0.3, -0.25) is 4.79 Å². The van der Waals surface area contributed by atoms with Gasteiger partial charge in [0.2, 0.25) is 5.91 Å². The highest BCUT2D eigenvalue weighted by Gasteiger charge is 1.98. The normalized spacial score (nSPS) is 10.6. The zero-order valence-corrected chi connectivity index (χ0v) is 14.2. The summed E-state index contributed by atoms with van der Waals surface area (Å²) >= 11 is 2.22. The van der Waals surface area contributed by atoms with Crippen LogP contribution in [-0.2, 0) is 9.53 Å². The van der Waals surface area contributed by atoms with Gasteiger partial charge in [-0.15, -0.1) is 0 Å². The number of ether oxygens (including phenoxy) is 2. The lowest BCUT2D eigenvalue weighted by molar-refractivity contribution is -0.111. The maximum absolute atomic E-state index is 11.8. The number of amides is 1. The Morgan fingerprint density at radius 3 is 2.45 bits per heavy atom. The van der Waals surface area contributed by atoms with Crippen molar-refractivity contribution < 1.29 is 14.3 Å². The average molecular weight is 409 g/mol. The molecule has 4 nitrogen and oxygen atoms in total. The lowest BCUT2D eigenvalue weighted by Gasteiger charge is -2.04. The second-order valence-corrected chi connectivity index (χ2v) is 5.70. The number of nitrogens with one attached hydrogen (secondary N) is 1. The molecule has 0 aliphatic carbocycles. The van der Waals surface area contributed by atoms with Gasteiger partial charge in [0.05, 0.1) is 0 Å². The standard InChI is InChI=1S/C17H16INO3/c1-21-12-22-16-9-2-13(3-10-16)4-11-17(20)19-15-7-5-14(18)6-8-15/h2-11H,12H2,1H3,(H,19,20)/b11-4+. The van der Waals surface area contributed by atoms with Crippen LogP contribution >= 0.6 is 22.6 Å². The van der Waals surface area contributed by atoms with E-state index in [4.69, 9.17) is 9.47 Å². The molecule has 0 atom stereocenters. The number of methoxy groups -OCH3 is 1. The van der Waals surface area contributed by atoms with Gasteiger partial charge in [-0.05, 0) is 70.6 Å². The number of anilines is 1. The van der Waals surface area contributed by atoms with Crippen molar-refractivity contribution in [3.63, 3.8) is 0 Å². The summed E-state index contributed by atoms with van der Waals surface area (Å²) in [6.45, 7) is 0.216. The van der Waals surface area contributed by atoms with Crippen molar-refractivity contribution in [2.75, 3.05) is 19.2 Å². The van der Waals surface area contributed by atoms with Crippen molar-refractivity contribution in [3.8, 4) is 5.75 Å². The predicted molar refractivity (Wildman–Crippen MR) is 95.8 cm³/mol. The van der Waals surface area contributed by atoms with Crippen LogP contribution in [0.25, 0.3) is 6.08 Å². The Bertz CT molecular complexity index is 636. The number of carbonyl (C=O) groups excluding carboxylic acids is 1. The summed E-state index contributed by atoms with van der Waals surface area (Å²) < 4.78 is 11.3. The molecule has 0 radical (unpaired) electrons. The minimum Gasteiger partial charge on any atom is -0.468 e. The molecule has 0 spiro atoms. The van der Waals surface area contributed by atoms with Crippen LogP contribution in [0.4, 0.5) is 5.69 Å². The van der Waals surface area contributed by atoms with E-state index in [1.54, 1.807) is 13.2 Å². The third-order valence-electron chi connectivity index (χ3n) is 2.76. The first kappa shape index (κ1) is 16.5. The zero-order chi connectivity index (χ0) is 15.8. The van der Waals surface area contributed by atoms with Crippen LogP contribution in [0.2, 0.25) is 0 Å². The molecule has 0 heterocycles. The summed E-state index contributed by atoms with van der Waals surface area (Å²) in [4.78, 5) is 11.8. The second kappa shape index (κ2) is 8.55. The third-order valence-corrected chi connectivity index (χ3v) is 3.48. The second-order valence-electron chi connectivity index (χ2n) is 4.45. The van der Waals surface area contributed by atoms with Gasteiger partial charge < -0.3 is 14.8 Å². The molecule has 1 amide bonds. The van der Waals surface area contributed by atoms with Crippen molar-refractivity contribution in [2.24, 2.45) is 0 Å². The average Bonchev–Trinajstić information content (AvgIpc) is 2.54. The summed E-state index contributed by atoms with van der Waals surface area (Å²) in [5.41, 5.74) is 1.70. The Kier molecular flexibility index (Phi) is 6.42. The molecule has 0 fully saturated rings. The Morgan fingerprint density at radius 1 is 1.14 bits per heavy atom.